The van der Waals surface area contributed by atoms with Crippen LogP contribution in [0.25, 0.3) is 0 Å². The van der Waals surface area contributed by atoms with Gasteiger partial charge in [0.25, 0.3) is 15.9 Å². The molecule has 7 heteroatoms. The Bertz CT molecular complexity index is 892. The number of rotatable bonds is 8. The van der Waals surface area contributed by atoms with Gasteiger partial charge in [-0.1, -0.05) is 37.5 Å². The molecule has 29 heavy (non-hydrogen) atoms. The van der Waals surface area contributed by atoms with Crippen LogP contribution in [0.4, 0.5) is 5.69 Å². The fourth-order valence-corrected chi connectivity index (χ4v) is 5.08. The second-order valence-electron chi connectivity index (χ2n) is 7.17. The molecule has 1 aliphatic rings. The van der Waals surface area contributed by atoms with Crippen molar-refractivity contribution in [3.05, 3.63) is 54.6 Å². The summed E-state index contributed by atoms with van der Waals surface area (Å²) < 4.78 is 32.7. The van der Waals surface area contributed by atoms with Crippen LogP contribution in [-0.4, -0.2) is 33.5 Å². The second-order valence-corrected chi connectivity index (χ2v) is 9.03. The molecular formula is C22H28N2O4S. The summed E-state index contributed by atoms with van der Waals surface area (Å²) in [5.41, 5.74) is 0.551. The SMILES string of the molecule is CCN(c1ccc(OCC(=O)NC2CCCCC2)cc1)S(=O)(=O)c1ccccc1. The third-order valence-electron chi connectivity index (χ3n) is 5.08. The summed E-state index contributed by atoms with van der Waals surface area (Å²) in [5, 5.41) is 3.01. The van der Waals surface area contributed by atoms with E-state index >= 15 is 0 Å². The van der Waals surface area contributed by atoms with E-state index in [2.05, 4.69) is 5.32 Å². The van der Waals surface area contributed by atoms with Crippen LogP contribution in [0.1, 0.15) is 39.0 Å². The summed E-state index contributed by atoms with van der Waals surface area (Å²) in [5.74, 6) is 0.406. The minimum atomic E-state index is -3.63. The van der Waals surface area contributed by atoms with Gasteiger partial charge in [0.05, 0.1) is 10.6 Å². The Labute approximate surface area is 172 Å². The minimum absolute atomic E-state index is 0.0460. The molecule has 2 aromatic carbocycles. The number of hydrogen-bond donors (Lipinski definition) is 1. The Balaban J connectivity index is 1.60. The average Bonchev–Trinajstić information content (AvgIpc) is 2.75. The maximum absolute atomic E-state index is 12.9. The first-order chi connectivity index (χ1) is 14.0. The highest BCUT2D eigenvalue weighted by Gasteiger charge is 2.23. The summed E-state index contributed by atoms with van der Waals surface area (Å²) in [6, 6.07) is 15.4. The Hall–Kier alpha value is -2.54. The van der Waals surface area contributed by atoms with Gasteiger partial charge in [-0.15, -0.1) is 0 Å². The predicted molar refractivity (Wildman–Crippen MR) is 114 cm³/mol. The highest BCUT2D eigenvalue weighted by atomic mass is 32.2. The standard InChI is InChI=1S/C22H28N2O4S/c1-2-24(29(26,27)21-11-7-4-8-12-21)19-13-15-20(16-14-19)28-17-22(25)23-18-9-5-3-6-10-18/h4,7-8,11-16,18H,2-3,5-6,9-10,17H2,1H3,(H,23,25). The fourth-order valence-electron chi connectivity index (χ4n) is 3.58. The van der Waals surface area contributed by atoms with Gasteiger partial charge in [-0.3, -0.25) is 9.10 Å². The number of amides is 1. The zero-order valence-electron chi connectivity index (χ0n) is 16.7. The van der Waals surface area contributed by atoms with Crippen molar-refractivity contribution in [2.75, 3.05) is 17.5 Å². The number of hydrogen-bond acceptors (Lipinski definition) is 4. The number of benzene rings is 2. The topological polar surface area (TPSA) is 75.7 Å². The van der Waals surface area contributed by atoms with E-state index in [9.17, 15) is 13.2 Å². The largest absolute Gasteiger partial charge is 0.484 e. The van der Waals surface area contributed by atoms with Crippen LogP contribution in [0.15, 0.2) is 59.5 Å². The van der Waals surface area contributed by atoms with Gasteiger partial charge in [0.2, 0.25) is 0 Å². The van der Waals surface area contributed by atoms with E-state index in [-0.39, 0.29) is 23.5 Å². The van der Waals surface area contributed by atoms with E-state index in [1.165, 1.54) is 10.7 Å². The number of carbonyl (C=O) groups is 1. The number of ether oxygens (including phenoxy) is 1. The van der Waals surface area contributed by atoms with Gasteiger partial charge in [0.1, 0.15) is 5.75 Å². The lowest BCUT2D eigenvalue weighted by Gasteiger charge is -2.23. The Kier molecular flexibility index (Phi) is 7.14. The highest BCUT2D eigenvalue weighted by molar-refractivity contribution is 7.92. The number of anilines is 1. The third-order valence-corrected chi connectivity index (χ3v) is 7.00. The summed E-state index contributed by atoms with van der Waals surface area (Å²) >= 11 is 0. The Morgan fingerprint density at radius 3 is 2.31 bits per heavy atom. The normalized spacial score (nSPS) is 14.9. The molecule has 1 N–H and O–H groups in total. The Morgan fingerprint density at radius 1 is 1.03 bits per heavy atom. The van der Waals surface area contributed by atoms with Crippen LogP contribution in [0.2, 0.25) is 0 Å². The van der Waals surface area contributed by atoms with E-state index in [0.717, 1.165) is 25.7 Å². The molecule has 6 nitrogen and oxygen atoms in total. The molecule has 0 radical (unpaired) electrons. The Morgan fingerprint density at radius 2 is 1.69 bits per heavy atom. The molecule has 156 valence electrons. The second kappa shape index (κ2) is 9.78. The van der Waals surface area contributed by atoms with Crippen LogP contribution >= 0.6 is 0 Å². The first-order valence-corrected chi connectivity index (χ1v) is 11.5. The van der Waals surface area contributed by atoms with Crippen LogP contribution in [0.5, 0.6) is 5.75 Å². The van der Waals surface area contributed by atoms with Crippen molar-refractivity contribution in [1.29, 1.82) is 0 Å². The zero-order chi connectivity index (χ0) is 20.7. The summed E-state index contributed by atoms with van der Waals surface area (Å²) in [4.78, 5) is 12.3. The van der Waals surface area contributed by atoms with E-state index in [4.69, 9.17) is 4.74 Å². The highest BCUT2D eigenvalue weighted by Crippen LogP contribution is 2.25. The lowest BCUT2D eigenvalue weighted by atomic mass is 9.95. The van der Waals surface area contributed by atoms with Crippen molar-refractivity contribution in [3.63, 3.8) is 0 Å². The molecule has 1 aliphatic carbocycles. The van der Waals surface area contributed by atoms with E-state index in [1.807, 2.05) is 0 Å². The first kappa shape index (κ1) is 21.2. The average molecular weight is 417 g/mol. The third kappa shape index (κ3) is 5.50. The lowest BCUT2D eigenvalue weighted by molar-refractivity contribution is -0.124. The van der Waals surface area contributed by atoms with Crippen molar-refractivity contribution in [2.45, 2.75) is 50.0 Å². The molecule has 0 unspecified atom stereocenters. The van der Waals surface area contributed by atoms with Crippen molar-refractivity contribution in [1.82, 2.24) is 5.32 Å². The predicted octanol–water partition coefficient (Wildman–Crippen LogP) is 3.73. The minimum Gasteiger partial charge on any atom is -0.484 e. The quantitative estimate of drug-likeness (QED) is 0.711. The van der Waals surface area contributed by atoms with Crippen molar-refractivity contribution in [2.24, 2.45) is 0 Å². The molecule has 0 saturated heterocycles. The van der Waals surface area contributed by atoms with Crippen molar-refractivity contribution >= 4 is 21.6 Å². The maximum atomic E-state index is 12.9. The molecule has 0 atom stereocenters. The molecule has 1 fully saturated rings. The molecule has 3 rings (SSSR count). The molecule has 0 bridgehead atoms. The molecule has 0 aromatic heterocycles. The molecule has 0 aliphatic heterocycles. The van der Waals surface area contributed by atoms with E-state index in [0.29, 0.717) is 18.0 Å². The summed E-state index contributed by atoms with van der Waals surface area (Å²) in [7, 11) is -3.63. The van der Waals surface area contributed by atoms with Crippen LogP contribution in [-0.2, 0) is 14.8 Å². The van der Waals surface area contributed by atoms with Gasteiger partial charge in [-0.2, -0.15) is 0 Å². The zero-order valence-corrected chi connectivity index (χ0v) is 17.5. The molecule has 1 amide bonds. The van der Waals surface area contributed by atoms with Gasteiger partial charge in [0, 0.05) is 12.6 Å². The monoisotopic (exact) mass is 416 g/mol. The number of nitrogens with zero attached hydrogens (tertiary/aromatic N) is 1. The number of sulfonamides is 1. The van der Waals surface area contributed by atoms with Gasteiger partial charge in [-0.25, -0.2) is 8.42 Å². The molecule has 1 saturated carbocycles. The van der Waals surface area contributed by atoms with Gasteiger partial charge in [0.15, 0.2) is 6.61 Å². The van der Waals surface area contributed by atoms with E-state index in [1.54, 1.807) is 61.5 Å². The lowest BCUT2D eigenvalue weighted by Crippen LogP contribution is -2.38. The smallest absolute Gasteiger partial charge is 0.264 e. The first-order valence-electron chi connectivity index (χ1n) is 10.1. The summed E-state index contributed by atoms with van der Waals surface area (Å²) in [6.45, 7) is 2.05. The van der Waals surface area contributed by atoms with Crippen molar-refractivity contribution in [3.8, 4) is 5.75 Å². The van der Waals surface area contributed by atoms with Crippen LogP contribution in [0.3, 0.4) is 0 Å². The van der Waals surface area contributed by atoms with Crippen LogP contribution < -0.4 is 14.4 Å². The molecule has 2 aromatic rings. The molecule has 0 heterocycles. The van der Waals surface area contributed by atoms with Gasteiger partial charge < -0.3 is 10.1 Å². The van der Waals surface area contributed by atoms with Crippen molar-refractivity contribution < 1.29 is 17.9 Å². The number of carbonyl (C=O) groups excluding carboxylic acids is 1. The maximum Gasteiger partial charge on any atom is 0.264 e. The fraction of sp³-hybridized carbons (Fsp3) is 0.409. The van der Waals surface area contributed by atoms with E-state index < -0.39 is 10.0 Å². The number of nitrogens with one attached hydrogen (secondary N) is 1. The summed E-state index contributed by atoms with van der Waals surface area (Å²) in [6.07, 6.45) is 5.62. The van der Waals surface area contributed by atoms with Gasteiger partial charge in [-0.05, 0) is 56.2 Å². The van der Waals surface area contributed by atoms with Crippen LogP contribution in [0, 0.1) is 0 Å². The molecule has 0 spiro atoms. The van der Waals surface area contributed by atoms with Gasteiger partial charge >= 0.3 is 0 Å². The molecular weight excluding hydrogens is 388 g/mol.